The first-order valence-electron chi connectivity index (χ1n) is 4.28. The van der Waals surface area contributed by atoms with Gasteiger partial charge in [0.2, 0.25) is 0 Å². The average Bonchev–Trinajstić information content (AvgIpc) is 2.01. The summed E-state index contributed by atoms with van der Waals surface area (Å²) in [6.07, 6.45) is 6.85. The van der Waals surface area contributed by atoms with Crippen molar-refractivity contribution >= 4 is 36.4 Å². The van der Waals surface area contributed by atoms with E-state index >= 15 is 0 Å². The highest BCUT2D eigenvalue weighted by molar-refractivity contribution is 14.0. The number of unbranched alkanes of at least 4 members (excludes halogenated alkanes) is 1. The van der Waals surface area contributed by atoms with Crippen molar-refractivity contribution in [1.29, 1.82) is 0 Å². The van der Waals surface area contributed by atoms with Gasteiger partial charge >= 0.3 is 0 Å². The maximum Gasteiger partial charge on any atom is 0.171 e. The van der Waals surface area contributed by atoms with Crippen molar-refractivity contribution in [2.24, 2.45) is 0 Å². The van der Waals surface area contributed by atoms with E-state index in [-0.39, 0.29) is 60.4 Å². The standard InChI is InChI=1S/C10H16N.ClH.2HI/c1-3-4-7-11-8-5-6-10(2)9-11;;;/h5-6,8-9H,3-4,7H2,1-2H3;3*1H/q+1;;;/p-1. The molecule has 0 unspecified atom stereocenters. The fourth-order valence-corrected chi connectivity index (χ4v) is 1.13. The number of nitrogens with zero attached hydrogens (tertiary/aromatic N) is 1. The Kier molecular flexibility index (Phi) is 17.4. The van der Waals surface area contributed by atoms with Crippen LogP contribution in [0.15, 0.2) is 24.5 Å². The molecule has 1 nitrogen and oxygen atoms in total. The number of pyridine rings is 1. The van der Waals surface area contributed by atoms with E-state index < -0.39 is 0 Å². The number of hydrogen-bond acceptors (Lipinski definition) is 0. The fourth-order valence-electron chi connectivity index (χ4n) is 1.13. The second-order valence-electron chi connectivity index (χ2n) is 2.97. The Morgan fingerprint density at radius 1 is 1.36 bits per heavy atom. The van der Waals surface area contributed by atoms with Gasteiger partial charge in [0.25, 0.3) is 0 Å². The van der Waals surface area contributed by atoms with Crippen molar-refractivity contribution in [2.75, 3.05) is 0 Å². The van der Waals surface area contributed by atoms with Crippen LogP contribution >= 0.6 is 36.4 Å². The molecular formula is C10H18ClI2N. The van der Waals surface area contributed by atoms with Crippen molar-refractivity contribution in [2.45, 2.75) is 33.2 Å². The van der Waals surface area contributed by atoms with Gasteiger partial charge in [-0.15, -0.1) is 36.4 Å². The lowest BCUT2D eigenvalue weighted by atomic mass is 10.3. The van der Waals surface area contributed by atoms with Crippen LogP contribution < -0.4 is 28.5 Å². The van der Waals surface area contributed by atoms with Crippen LogP contribution in [0.1, 0.15) is 25.3 Å². The molecule has 0 aliphatic carbocycles. The van der Waals surface area contributed by atoms with Gasteiger partial charge in [0.15, 0.2) is 12.4 Å². The van der Waals surface area contributed by atoms with Gasteiger partial charge in [-0.05, 0) is 13.0 Å². The van der Waals surface area contributed by atoms with E-state index in [0.29, 0.717) is 0 Å². The summed E-state index contributed by atoms with van der Waals surface area (Å²) in [6.45, 7) is 5.50. The first-order valence-corrected chi connectivity index (χ1v) is 4.28. The number of halogens is 3. The van der Waals surface area contributed by atoms with Gasteiger partial charge in [-0.2, -0.15) is 0 Å². The highest BCUT2D eigenvalue weighted by Gasteiger charge is 1.97. The Hall–Kier alpha value is 0.900. The normalized spacial score (nSPS) is 7.86. The molecular weight excluding hydrogens is 423 g/mol. The van der Waals surface area contributed by atoms with E-state index in [2.05, 4.69) is 42.9 Å². The van der Waals surface area contributed by atoms with Crippen LogP contribution in [0.25, 0.3) is 0 Å². The molecule has 1 rings (SSSR count). The van der Waals surface area contributed by atoms with Gasteiger partial charge in [-0.3, -0.25) is 0 Å². The van der Waals surface area contributed by atoms with Gasteiger partial charge in [-0.25, -0.2) is 4.57 Å². The molecule has 0 radical (unpaired) electrons. The molecule has 0 amide bonds. The zero-order valence-electron chi connectivity index (χ0n) is 8.57. The quantitative estimate of drug-likeness (QED) is 0.464. The van der Waals surface area contributed by atoms with Gasteiger partial charge in [0.1, 0.15) is 6.54 Å². The van der Waals surface area contributed by atoms with E-state index in [1.54, 1.807) is 0 Å². The molecule has 0 N–H and O–H groups in total. The van der Waals surface area contributed by atoms with Crippen LogP contribution in [0.5, 0.6) is 0 Å². The highest BCUT2D eigenvalue weighted by Crippen LogP contribution is 1.91. The molecule has 0 aliphatic rings. The summed E-state index contributed by atoms with van der Waals surface area (Å²) in [5.41, 5.74) is 1.34. The minimum atomic E-state index is 0. The number of hydrogen-bond donors (Lipinski definition) is 0. The monoisotopic (exact) mass is 441 g/mol. The highest BCUT2D eigenvalue weighted by atomic mass is 127. The Morgan fingerprint density at radius 2 is 2.00 bits per heavy atom. The zero-order valence-corrected chi connectivity index (χ0v) is 13.9. The second-order valence-corrected chi connectivity index (χ2v) is 2.97. The smallest absolute Gasteiger partial charge is 0.171 e. The summed E-state index contributed by atoms with van der Waals surface area (Å²) in [5.74, 6) is 0. The van der Waals surface area contributed by atoms with Gasteiger partial charge in [0, 0.05) is 18.1 Å². The predicted octanol–water partition coefficient (Wildman–Crippen LogP) is 0.126. The summed E-state index contributed by atoms with van der Waals surface area (Å²) in [4.78, 5) is 0. The molecule has 0 aliphatic heterocycles. The zero-order chi connectivity index (χ0) is 8.10. The number of aryl methyl sites for hydroxylation is 2. The molecule has 0 spiro atoms. The molecule has 1 aromatic rings. The van der Waals surface area contributed by atoms with Crippen molar-refractivity contribution in [1.82, 2.24) is 0 Å². The van der Waals surface area contributed by atoms with Crippen LogP contribution in [0.4, 0.5) is 0 Å². The van der Waals surface area contributed by atoms with Crippen molar-refractivity contribution in [3.8, 4) is 0 Å². The summed E-state index contributed by atoms with van der Waals surface area (Å²) >= 11 is 0. The average molecular weight is 442 g/mol. The third-order valence-corrected chi connectivity index (χ3v) is 1.78. The summed E-state index contributed by atoms with van der Waals surface area (Å²) in [7, 11) is 0. The summed E-state index contributed by atoms with van der Waals surface area (Å²) < 4.78 is 2.25. The maximum atomic E-state index is 2.25. The minimum absolute atomic E-state index is 0. The lowest BCUT2D eigenvalue weighted by molar-refractivity contribution is -0.697. The third-order valence-electron chi connectivity index (χ3n) is 1.78. The second kappa shape index (κ2) is 12.0. The molecule has 14 heavy (non-hydrogen) atoms. The third kappa shape index (κ3) is 8.23. The van der Waals surface area contributed by atoms with Gasteiger partial charge in [0.05, 0.1) is 0 Å². The van der Waals surface area contributed by atoms with E-state index in [4.69, 9.17) is 0 Å². The van der Waals surface area contributed by atoms with Gasteiger partial charge < -0.3 is 24.0 Å². The van der Waals surface area contributed by atoms with Crippen LogP contribution in [-0.2, 0) is 6.54 Å². The lowest BCUT2D eigenvalue weighted by Gasteiger charge is -1.94. The fraction of sp³-hybridized carbons (Fsp3) is 0.500. The van der Waals surface area contributed by atoms with Crippen LogP contribution in [0.3, 0.4) is 0 Å². The van der Waals surface area contributed by atoms with E-state index in [0.717, 1.165) is 6.54 Å². The Bertz CT molecular complexity index is 231. The Balaban J connectivity index is -0.000000403. The molecule has 0 bridgehead atoms. The topological polar surface area (TPSA) is 3.88 Å². The van der Waals surface area contributed by atoms with Gasteiger partial charge in [-0.1, -0.05) is 13.3 Å². The van der Waals surface area contributed by atoms with Crippen LogP contribution in [0.2, 0.25) is 0 Å². The largest absolute Gasteiger partial charge is 1.00 e. The molecule has 84 valence electrons. The molecule has 1 aromatic heterocycles. The molecule has 0 fully saturated rings. The number of rotatable bonds is 3. The first kappa shape index (κ1) is 20.3. The molecule has 1 heterocycles. The van der Waals surface area contributed by atoms with Crippen molar-refractivity contribution in [3.05, 3.63) is 30.1 Å². The molecule has 4 heteroatoms. The summed E-state index contributed by atoms with van der Waals surface area (Å²) in [5, 5.41) is 0. The summed E-state index contributed by atoms with van der Waals surface area (Å²) in [6, 6.07) is 4.23. The lowest BCUT2D eigenvalue weighted by Crippen LogP contribution is -3.00. The molecule has 0 aromatic carbocycles. The van der Waals surface area contributed by atoms with Crippen LogP contribution in [0, 0.1) is 6.92 Å². The Morgan fingerprint density at radius 3 is 2.50 bits per heavy atom. The maximum absolute atomic E-state index is 2.25. The first-order chi connectivity index (χ1) is 5.33. The number of aromatic nitrogens is 1. The van der Waals surface area contributed by atoms with E-state index in [1.807, 2.05) is 0 Å². The van der Waals surface area contributed by atoms with E-state index in [9.17, 15) is 0 Å². The predicted molar refractivity (Wildman–Crippen MR) is 68.9 cm³/mol. The molecule has 0 atom stereocenters. The van der Waals surface area contributed by atoms with Crippen molar-refractivity contribution < 1.29 is 28.5 Å². The van der Waals surface area contributed by atoms with E-state index in [1.165, 1.54) is 18.4 Å². The SMILES string of the molecule is CCCC[n+]1cccc(C)c1.Cl.I.[I-]. The Labute approximate surface area is 127 Å². The van der Waals surface area contributed by atoms with Crippen molar-refractivity contribution in [3.63, 3.8) is 0 Å². The van der Waals surface area contributed by atoms with Crippen LogP contribution in [-0.4, -0.2) is 0 Å². The molecule has 0 saturated heterocycles. The molecule has 0 saturated carbocycles. The minimum Gasteiger partial charge on any atom is -1.00 e.